The van der Waals surface area contributed by atoms with E-state index in [0.29, 0.717) is 22.8 Å². The fourth-order valence-electron chi connectivity index (χ4n) is 5.26. The number of aromatic nitrogens is 2. The Bertz CT molecular complexity index is 1910. The molecule has 6 aromatic rings. The largest absolute Gasteiger partial charge is 0.501 e. The van der Waals surface area contributed by atoms with E-state index in [-0.39, 0.29) is 25.9 Å². The number of fused-ring (bicyclic) bond motifs is 3. The van der Waals surface area contributed by atoms with Gasteiger partial charge < -0.3 is 14.4 Å². The van der Waals surface area contributed by atoms with Gasteiger partial charge in [0.05, 0.1) is 13.7 Å². The predicted molar refractivity (Wildman–Crippen MR) is 180 cm³/mol. The second-order valence-corrected chi connectivity index (χ2v) is 17.7. The molecule has 0 saturated heterocycles. The van der Waals surface area contributed by atoms with Gasteiger partial charge in [0, 0.05) is 39.3 Å². The van der Waals surface area contributed by atoms with Crippen LogP contribution in [0, 0.1) is 23.9 Å². The number of halogens is 1. The van der Waals surface area contributed by atoms with Gasteiger partial charge in [0.1, 0.15) is 11.4 Å². The quantitative estimate of drug-likeness (QED) is 0.125. The first kappa shape index (κ1) is 32.0. The van der Waals surface area contributed by atoms with Crippen molar-refractivity contribution in [3.05, 3.63) is 114 Å². The number of pyridine rings is 2. The molecule has 0 amide bonds. The van der Waals surface area contributed by atoms with Gasteiger partial charge in [0.15, 0.2) is 0 Å². The Morgan fingerprint density at radius 1 is 0.886 bits per heavy atom. The minimum Gasteiger partial charge on any atom is -0.501 e. The van der Waals surface area contributed by atoms with Crippen molar-refractivity contribution < 1.29 is 30.3 Å². The van der Waals surface area contributed by atoms with Gasteiger partial charge in [-0.15, -0.1) is 54.1 Å². The molecule has 1 radical (unpaired) electrons. The molecule has 0 unspecified atom stereocenters. The number of hydrogen-bond acceptors (Lipinski definition) is 3. The third-order valence-electron chi connectivity index (χ3n) is 7.40. The van der Waals surface area contributed by atoms with E-state index in [1.165, 1.54) is 22.9 Å². The van der Waals surface area contributed by atoms with Crippen LogP contribution in [0.15, 0.2) is 89.6 Å². The van der Waals surface area contributed by atoms with Crippen LogP contribution in [0.25, 0.3) is 44.5 Å². The van der Waals surface area contributed by atoms with Crippen molar-refractivity contribution in [2.24, 2.45) is 5.92 Å². The van der Waals surface area contributed by atoms with Crippen LogP contribution < -0.4 is 5.19 Å². The minimum absolute atomic E-state index is 0. The molecule has 0 fully saturated rings. The van der Waals surface area contributed by atoms with E-state index in [2.05, 4.69) is 73.9 Å². The Labute approximate surface area is 276 Å². The van der Waals surface area contributed by atoms with Gasteiger partial charge in [-0.05, 0) is 59.1 Å². The second kappa shape index (κ2) is 14.1. The Morgan fingerprint density at radius 3 is 2.36 bits per heavy atom. The summed E-state index contributed by atoms with van der Waals surface area (Å²) in [6.07, 6.45) is 4.93. The molecule has 0 aliphatic carbocycles. The standard InChI is InChI=1S/C20H15FNO.C18H24NSi.Ir/c1-12(2)13-8-9-22-18(10-13)16-5-3-4-15-17-11-14(21)6-7-19(17)23-20(15)16;1-14(2)11-16-12-17(15-9-7-6-8-10-15)19-13-18(16)20(3,4)5;/h3-4,6-12H,1-2H3;6-9,12-14H,11H2,1-5H3;/q2*-1;/i12D;;. The summed E-state index contributed by atoms with van der Waals surface area (Å²) in [5, 5.41) is 3.05. The van der Waals surface area contributed by atoms with Crippen molar-refractivity contribution in [2.45, 2.75) is 59.7 Å². The average Bonchev–Trinajstić information content (AvgIpc) is 3.35. The van der Waals surface area contributed by atoms with Crippen LogP contribution in [0.4, 0.5) is 4.39 Å². The minimum atomic E-state index is -1.34. The van der Waals surface area contributed by atoms with Gasteiger partial charge in [-0.1, -0.05) is 81.5 Å². The van der Waals surface area contributed by atoms with Crippen LogP contribution in [0.5, 0.6) is 0 Å². The molecule has 229 valence electrons. The molecule has 6 rings (SSSR count). The van der Waals surface area contributed by atoms with E-state index in [0.717, 1.165) is 39.6 Å². The Balaban J connectivity index is 0.000000204. The molecule has 6 heteroatoms. The third kappa shape index (κ3) is 7.61. The number of rotatable bonds is 6. The normalized spacial score (nSPS) is 12.1. The summed E-state index contributed by atoms with van der Waals surface area (Å²) in [4.78, 5) is 9.10. The zero-order valence-electron chi connectivity index (χ0n) is 27.4. The van der Waals surface area contributed by atoms with E-state index >= 15 is 0 Å². The van der Waals surface area contributed by atoms with E-state index < -0.39 is 14.0 Å². The summed E-state index contributed by atoms with van der Waals surface area (Å²) in [6.45, 7) is 15.4. The van der Waals surface area contributed by atoms with Crippen LogP contribution in [0.1, 0.15) is 46.1 Å². The molecule has 0 N–H and O–H groups in total. The molecule has 0 aliphatic rings. The van der Waals surface area contributed by atoms with Crippen LogP contribution >= 0.6 is 0 Å². The summed E-state index contributed by atoms with van der Waals surface area (Å²) in [5.41, 5.74) is 7.13. The third-order valence-corrected chi connectivity index (χ3v) is 9.46. The van der Waals surface area contributed by atoms with E-state index in [1.54, 1.807) is 18.3 Å². The zero-order valence-corrected chi connectivity index (χ0v) is 29.8. The molecule has 3 aromatic carbocycles. The fourth-order valence-corrected chi connectivity index (χ4v) is 6.85. The zero-order chi connectivity index (χ0) is 31.6. The SMILES string of the molecule is CC(C)Cc1cc(-c2[c-]cccc2)ncc1[Si](C)(C)C.[2H]C(C)(C)c1ccnc(-c2[c-]ccc3c2oc2ccc(F)cc23)c1.[Ir]. The van der Waals surface area contributed by atoms with Crippen molar-refractivity contribution in [1.29, 1.82) is 0 Å². The van der Waals surface area contributed by atoms with Crippen LogP contribution in [0.2, 0.25) is 19.6 Å². The van der Waals surface area contributed by atoms with Gasteiger partial charge in [0.25, 0.3) is 0 Å². The molecular formula is C38H39FIrN2OSi-2. The van der Waals surface area contributed by atoms with Gasteiger partial charge >= 0.3 is 0 Å². The maximum absolute atomic E-state index is 13.6. The average molecular weight is 780 g/mol. The summed E-state index contributed by atoms with van der Waals surface area (Å²) in [5.74, 6) is -0.349. The molecule has 0 spiro atoms. The molecule has 3 heterocycles. The Morgan fingerprint density at radius 2 is 1.68 bits per heavy atom. The smallest absolute Gasteiger partial charge is 0.124 e. The number of hydrogen-bond donors (Lipinski definition) is 0. The van der Waals surface area contributed by atoms with Crippen molar-refractivity contribution in [2.75, 3.05) is 0 Å². The molecule has 3 nitrogen and oxygen atoms in total. The van der Waals surface area contributed by atoms with Gasteiger partial charge in [-0.3, -0.25) is 0 Å². The first-order chi connectivity index (χ1) is 20.8. The predicted octanol–water partition coefficient (Wildman–Crippen LogP) is 10.0. The van der Waals surface area contributed by atoms with Crippen molar-refractivity contribution >= 4 is 35.2 Å². The molecular weight excluding hydrogens is 740 g/mol. The molecule has 3 aromatic heterocycles. The molecule has 44 heavy (non-hydrogen) atoms. The van der Waals surface area contributed by atoms with Crippen LogP contribution in [0.3, 0.4) is 0 Å². The number of nitrogens with zero attached hydrogens (tertiary/aromatic N) is 2. The summed E-state index contributed by atoms with van der Waals surface area (Å²) >= 11 is 0. The second-order valence-electron chi connectivity index (χ2n) is 12.6. The van der Waals surface area contributed by atoms with Crippen molar-refractivity contribution in [3.8, 4) is 22.5 Å². The fraction of sp³-hybridized carbons (Fsp3) is 0.263. The van der Waals surface area contributed by atoms with E-state index in [4.69, 9.17) is 5.79 Å². The van der Waals surface area contributed by atoms with Gasteiger partial charge in [0.2, 0.25) is 0 Å². The Hall–Kier alpha value is -3.44. The molecule has 0 aliphatic heterocycles. The van der Waals surface area contributed by atoms with E-state index in [9.17, 15) is 4.39 Å². The molecule has 0 bridgehead atoms. The maximum atomic E-state index is 13.6. The molecule has 0 atom stereocenters. The van der Waals surface area contributed by atoms with Gasteiger partial charge in [-0.2, -0.15) is 0 Å². The van der Waals surface area contributed by atoms with Crippen LogP contribution in [-0.4, -0.2) is 18.0 Å². The van der Waals surface area contributed by atoms with Crippen LogP contribution in [-0.2, 0) is 26.5 Å². The summed E-state index contributed by atoms with van der Waals surface area (Å²) in [7, 11) is -1.34. The van der Waals surface area contributed by atoms with Crippen molar-refractivity contribution in [3.63, 3.8) is 0 Å². The number of benzene rings is 3. The first-order valence-electron chi connectivity index (χ1n) is 15.3. The van der Waals surface area contributed by atoms with Crippen molar-refractivity contribution in [1.82, 2.24) is 9.97 Å². The summed E-state index contributed by atoms with van der Waals surface area (Å²) in [6, 6.07) is 28.6. The topological polar surface area (TPSA) is 38.9 Å². The maximum Gasteiger partial charge on any atom is 0.124 e. The summed E-state index contributed by atoms with van der Waals surface area (Å²) < 4.78 is 27.7. The van der Waals surface area contributed by atoms with Gasteiger partial charge in [-0.25, -0.2) is 4.39 Å². The molecule has 0 saturated carbocycles. The number of furan rings is 1. The monoisotopic (exact) mass is 780 g/mol. The first-order valence-corrected chi connectivity index (χ1v) is 18.3. The van der Waals surface area contributed by atoms with E-state index in [1.807, 2.05) is 50.2 Å². The Kier molecular flexibility index (Phi) is 10.3.